The molecule has 13 heteroatoms. The van der Waals surface area contributed by atoms with Crippen LogP contribution in [-0.2, 0) is 17.1 Å². The molecule has 0 amide bonds. The fourth-order valence-corrected chi connectivity index (χ4v) is 10.2. The van der Waals surface area contributed by atoms with Crippen LogP contribution in [-0.4, -0.2) is 175 Å². The maximum Gasteiger partial charge on any atom is 2.00 e. The predicted molar refractivity (Wildman–Crippen MR) is 333 cm³/mol. The summed E-state index contributed by atoms with van der Waals surface area (Å²) in [5.41, 5.74) is 15.0. The summed E-state index contributed by atoms with van der Waals surface area (Å²) in [6.45, 7) is 6.74. The molecular weight excluding hydrogens is 1060 g/mol. The van der Waals surface area contributed by atoms with Crippen LogP contribution in [0, 0.1) is 0 Å². The number of aromatic amines is 2. The van der Waals surface area contributed by atoms with Gasteiger partial charge in [0.1, 0.15) is 23.0 Å². The van der Waals surface area contributed by atoms with Gasteiger partial charge in [0.15, 0.2) is 0 Å². The van der Waals surface area contributed by atoms with Crippen LogP contribution in [0.3, 0.4) is 0 Å². The molecule has 12 nitrogen and oxygen atoms in total. The third-order valence-electron chi connectivity index (χ3n) is 14.3. The molecular formula is C68H86CuN8O4+6. The Labute approximate surface area is 492 Å². The van der Waals surface area contributed by atoms with E-state index in [0.717, 1.165) is 182 Å². The smallest absolute Gasteiger partial charge is 0.493 e. The Morgan fingerprint density at radius 1 is 0.296 bits per heavy atom. The summed E-state index contributed by atoms with van der Waals surface area (Å²) in [5.74, 6) is 3.36. The number of quaternary nitrogens is 4. The van der Waals surface area contributed by atoms with E-state index in [2.05, 4.69) is 240 Å². The number of ether oxygens (including phenoxy) is 4. The molecule has 0 atom stereocenters. The zero-order valence-corrected chi connectivity index (χ0v) is 50.9. The average Bonchev–Trinajstić information content (AvgIpc) is 4.26. The number of nitrogens with zero attached hydrogens (tertiary/aromatic N) is 6. The molecule has 0 saturated heterocycles. The van der Waals surface area contributed by atoms with Crippen LogP contribution in [0.15, 0.2) is 121 Å². The maximum absolute atomic E-state index is 6.29. The minimum atomic E-state index is 0. The van der Waals surface area contributed by atoms with Crippen molar-refractivity contribution >= 4 is 46.4 Å². The van der Waals surface area contributed by atoms with Crippen LogP contribution in [0.5, 0.6) is 23.0 Å². The molecule has 81 heavy (non-hydrogen) atoms. The Bertz CT molecular complexity index is 3010. The van der Waals surface area contributed by atoms with Crippen molar-refractivity contribution in [2.24, 2.45) is 0 Å². The Balaban J connectivity index is 0.00000860. The van der Waals surface area contributed by atoms with Crippen molar-refractivity contribution in [3.63, 3.8) is 0 Å². The first kappa shape index (κ1) is 60.1. The van der Waals surface area contributed by atoms with E-state index < -0.39 is 0 Å². The van der Waals surface area contributed by atoms with Crippen LogP contribution in [0.1, 0.15) is 48.5 Å². The van der Waals surface area contributed by atoms with Gasteiger partial charge in [-0.3, -0.25) is 0 Å². The van der Waals surface area contributed by atoms with E-state index in [1.54, 1.807) is 0 Å². The molecule has 427 valence electrons. The van der Waals surface area contributed by atoms with Gasteiger partial charge in [0.05, 0.1) is 160 Å². The second-order valence-corrected chi connectivity index (χ2v) is 25.5. The number of hydrogen-bond donors (Lipinski definition) is 2. The monoisotopic (exact) mass is 1140 g/mol. The number of H-pyrrole nitrogens is 2. The first-order chi connectivity index (χ1) is 38.1. The second-order valence-electron chi connectivity index (χ2n) is 25.5. The fraction of sp³-hybridized carbons (Fsp3) is 0.353. The summed E-state index contributed by atoms with van der Waals surface area (Å²) in [6.07, 6.45) is 12.4. The number of nitrogens with one attached hydrogen (secondary N) is 2. The van der Waals surface area contributed by atoms with Gasteiger partial charge in [-0.15, -0.1) is 0 Å². The van der Waals surface area contributed by atoms with Crippen molar-refractivity contribution in [1.82, 2.24) is 19.9 Å². The van der Waals surface area contributed by atoms with Crippen LogP contribution in [0.2, 0.25) is 0 Å². The Hall–Kier alpha value is -6.96. The molecule has 0 unspecified atom stereocenters. The number of benzene rings is 4. The first-order valence-electron chi connectivity index (χ1n) is 28.4. The van der Waals surface area contributed by atoms with E-state index in [1.165, 1.54) is 0 Å². The van der Waals surface area contributed by atoms with Crippen molar-refractivity contribution in [2.45, 2.75) is 25.7 Å². The van der Waals surface area contributed by atoms with Crippen LogP contribution >= 0.6 is 0 Å². The molecule has 0 fully saturated rings. The summed E-state index contributed by atoms with van der Waals surface area (Å²) in [7, 11) is 26.5. The van der Waals surface area contributed by atoms with Gasteiger partial charge in [0.25, 0.3) is 0 Å². The molecule has 0 saturated carbocycles. The molecule has 9 rings (SSSR count). The predicted octanol–water partition coefficient (Wildman–Crippen LogP) is 13.2. The SMILES string of the molecule is C[N+](C)(C)CCCOc1ccc(-c2c3nc(c(-c4ccc(OCCC[N+](C)(C)C)cc4)c4ccc([nH]4)c(-c4ccc(OCCC[N+](C)(C)C)cc4)c4nc(c(-c5ccc(OCCC[N+](C)(C)C)cc5)c5ccc2[nH]5)C=C4)C=C3)cc1.[Cu+2]. The Kier molecular flexibility index (Phi) is 19.2. The molecule has 0 aliphatic carbocycles. The summed E-state index contributed by atoms with van der Waals surface area (Å²) < 4.78 is 28.8. The maximum atomic E-state index is 6.29. The van der Waals surface area contributed by atoms with Crippen molar-refractivity contribution in [3.8, 4) is 67.5 Å². The van der Waals surface area contributed by atoms with Crippen molar-refractivity contribution < 1.29 is 53.9 Å². The molecule has 7 aromatic rings. The van der Waals surface area contributed by atoms with Gasteiger partial charge in [-0.1, -0.05) is 48.5 Å². The molecule has 1 radical (unpaired) electrons. The van der Waals surface area contributed by atoms with E-state index >= 15 is 0 Å². The van der Waals surface area contributed by atoms with Gasteiger partial charge < -0.3 is 46.8 Å². The molecule has 8 bridgehead atoms. The van der Waals surface area contributed by atoms with Gasteiger partial charge in [-0.25, -0.2) is 9.97 Å². The van der Waals surface area contributed by atoms with Crippen LogP contribution in [0.4, 0.5) is 0 Å². The molecule has 0 spiro atoms. The molecule has 3 aromatic heterocycles. The number of hydrogen-bond acceptors (Lipinski definition) is 6. The van der Waals surface area contributed by atoms with E-state index in [9.17, 15) is 0 Å². The molecule has 5 heterocycles. The number of rotatable bonds is 24. The summed E-state index contributed by atoms with van der Waals surface area (Å²) in [6, 6.07) is 42.5. The van der Waals surface area contributed by atoms with Crippen molar-refractivity contribution in [1.29, 1.82) is 0 Å². The first-order valence-corrected chi connectivity index (χ1v) is 28.4. The van der Waals surface area contributed by atoms with Gasteiger partial charge >= 0.3 is 17.1 Å². The van der Waals surface area contributed by atoms with E-state index in [-0.39, 0.29) is 17.1 Å². The molecule has 2 aliphatic heterocycles. The van der Waals surface area contributed by atoms with Crippen molar-refractivity contribution in [3.05, 3.63) is 144 Å². The minimum absolute atomic E-state index is 0. The number of aromatic nitrogens is 4. The number of fused-ring (bicyclic) bond motifs is 8. The van der Waals surface area contributed by atoms with Crippen molar-refractivity contribution in [2.75, 3.05) is 137 Å². The van der Waals surface area contributed by atoms with Gasteiger partial charge in [-0.2, -0.15) is 0 Å². The Morgan fingerprint density at radius 2 is 0.494 bits per heavy atom. The molecule has 2 aliphatic rings. The van der Waals surface area contributed by atoms with E-state index in [0.29, 0.717) is 26.4 Å². The zero-order valence-electron chi connectivity index (χ0n) is 50.0. The van der Waals surface area contributed by atoms with Gasteiger partial charge in [0, 0.05) is 70.0 Å². The quantitative estimate of drug-likeness (QED) is 0.0356. The normalized spacial score (nSPS) is 12.6. The van der Waals surface area contributed by atoms with Gasteiger partial charge in [0.2, 0.25) is 0 Å². The third kappa shape index (κ3) is 16.6. The van der Waals surface area contributed by atoms with Crippen LogP contribution < -0.4 is 18.9 Å². The fourth-order valence-electron chi connectivity index (χ4n) is 10.2. The van der Waals surface area contributed by atoms with E-state index in [1.807, 2.05) is 0 Å². The standard InChI is InChI=1S/C68H86N8O4.Cu/c1-73(2,3)41-13-45-77-53-25-17-49(18-26-53)65-57-33-35-59(69-57)66(50-19-27-54(28-20-50)78-46-14-42-74(4,5)6)61-37-39-63(71-61)68(52-23-31-56(32-24-52)80-48-16-44-76(10,11)12)64-40-38-62(72-64)67(60-36-34-58(65)70-60)51-21-29-55(30-22-51)79-47-15-43-75(7,8)9;/h17-40,69,72H,13-16,41-48H2,1-12H3;/q+4;+2. The third-order valence-corrected chi connectivity index (χ3v) is 14.3. The minimum Gasteiger partial charge on any atom is -0.493 e. The average molecular weight is 1140 g/mol. The van der Waals surface area contributed by atoms with E-state index in [4.69, 9.17) is 28.9 Å². The topological polar surface area (TPSA) is 94.3 Å². The molecule has 4 aromatic carbocycles. The second kappa shape index (κ2) is 25.9. The molecule has 2 N–H and O–H groups in total. The summed E-state index contributed by atoms with van der Waals surface area (Å²) in [4.78, 5) is 19.0. The largest absolute Gasteiger partial charge is 2.00 e. The van der Waals surface area contributed by atoms with Gasteiger partial charge in [-0.05, 0) is 119 Å². The zero-order chi connectivity index (χ0) is 56.7. The van der Waals surface area contributed by atoms with Crippen LogP contribution in [0.25, 0.3) is 90.9 Å². The summed E-state index contributed by atoms with van der Waals surface area (Å²) >= 11 is 0. The Morgan fingerprint density at radius 3 is 0.679 bits per heavy atom. The summed E-state index contributed by atoms with van der Waals surface area (Å²) in [5, 5.41) is 0.